The third-order valence-electron chi connectivity index (χ3n) is 3.65. The fourth-order valence-electron chi connectivity index (χ4n) is 2.56. The van der Waals surface area contributed by atoms with Crippen LogP contribution in [0.2, 0.25) is 0 Å². The van der Waals surface area contributed by atoms with Gasteiger partial charge in [-0.2, -0.15) is 0 Å². The van der Waals surface area contributed by atoms with Crippen LogP contribution in [0.15, 0.2) is 12.5 Å². The van der Waals surface area contributed by atoms with Gasteiger partial charge in [0.25, 0.3) is 0 Å². The summed E-state index contributed by atoms with van der Waals surface area (Å²) in [5, 5.41) is 12.4. The van der Waals surface area contributed by atoms with Crippen LogP contribution >= 0.6 is 0 Å². The van der Waals surface area contributed by atoms with Gasteiger partial charge < -0.3 is 15.4 Å². The van der Waals surface area contributed by atoms with Crippen molar-refractivity contribution in [1.82, 2.24) is 15.3 Å². The van der Waals surface area contributed by atoms with Gasteiger partial charge in [0.2, 0.25) is 0 Å². The molecule has 0 amide bonds. The van der Waals surface area contributed by atoms with Crippen molar-refractivity contribution in [3.05, 3.63) is 18.2 Å². The molecule has 1 heterocycles. The summed E-state index contributed by atoms with van der Waals surface area (Å²) in [6.07, 6.45) is 10.1. The molecule has 1 aliphatic rings. The summed E-state index contributed by atoms with van der Waals surface area (Å²) < 4.78 is 0. The van der Waals surface area contributed by atoms with E-state index in [0.717, 1.165) is 12.2 Å². The number of rotatable bonds is 6. The second-order valence-corrected chi connectivity index (χ2v) is 5.08. The van der Waals surface area contributed by atoms with Crippen molar-refractivity contribution < 1.29 is 9.90 Å². The van der Waals surface area contributed by atoms with Crippen LogP contribution < -0.4 is 5.32 Å². The van der Waals surface area contributed by atoms with Gasteiger partial charge >= 0.3 is 5.97 Å². The largest absolute Gasteiger partial charge is 0.480 e. The second-order valence-electron chi connectivity index (χ2n) is 5.08. The molecule has 0 bridgehead atoms. The molecule has 0 spiro atoms. The fraction of sp³-hybridized carbons (Fsp3) is 0.692. The minimum Gasteiger partial charge on any atom is -0.480 e. The van der Waals surface area contributed by atoms with Crippen LogP contribution in [-0.2, 0) is 11.2 Å². The number of hydrogen-bond donors (Lipinski definition) is 3. The van der Waals surface area contributed by atoms with Crippen molar-refractivity contribution in [3.63, 3.8) is 0 Å². The molecule has 2 rings (SSSR count). The Bertz CT molecular complexity index is 358. The molecule has 1 atom stereocenters. The number of H-pyrrole nitrogens is 1. The lowest BCUT2D eigenvalue weighted by molar-refractivity contribution is -0.139. The highest BCUT2D eigenvalue weighted by atomic mass is 16.4. The lowest BCUT2D eigenvalue weighted by Gasteiger charge is -2.23. The molecule has 1 aromatic rings. The Hall–Kier alpha value is -1.36. The Morgan fingerprint density at radius 1 is 1.50 bits per heavy atom. The number of nitrogens with one attached hydrogen (secondary N) is 2. The van der Waals surface area contributed by atoms with Gasteiger partial charge in [-0.05, 0) is 25.3 Å². The van der Waals surface area contributed by atoms with Gasteiger partial charge in [0, 0.05) is 18.3 Å². The number of carboxylic acid groups (broad SMARTS) is 1. The number of carboxylic acids is 1. The van der Waals surface area contributed by atoms with Crippen LogP contribution in [0.5, 0.6) is 0 Å². The molecule has 18 heavy (non-hydrogen) atoms. The average molecular weight is 251 g/mol. The van der Waals surface area contributed by atoms with Crippen molar-refractivity contribution in [2.24, 2.45) is 5.92 Å². The summed E-state index contributed by atoms with van der Waals surface area (Å²) in [4.78, 5) is 18.1. The second kappa shape index (κ2) is 6.54. The Labute approximate surface area is 107 Å². The molecule has 100 valence electrons. The molecule has 0 radical (unpaired) electrons. The summed E-state index contributed by atoms with van der Waals surface area (Å²) in [5.41, 5.74) is 0.860. The first-order valence-corrected chi connectivity index (χ1v) is 6.69. The Morgan fingerprint density at radius 3 is 2.89 bits per heavy atom. The average Bonchev–Trinajstić information content (AvgIpc) is 2.88. The number of carbonyl (C=O) groups is 1. The molecule has 1 aromatic heterocycles. The van der Waals surface area contributed by atoms with E-state index in [0.29, 0.717) is 12.3 Å². The zero-order valence-electron chi connectivity index (χ0n) is 10.6. The van der Waals surface area contributed by atoms with E-state index in [1.807, 2.05) is 0 Å². The monoisotopic (exact) mass is 251 g/mol. The van der Waals surface area contributed by atoms with Crippen LogP contribution in [0.3, 0.4) is 0 Å². The van der Waals surface area contributed by atoms with Crippen molar-refractivity contribution in [1.29, 1.82) is 0 Å². The van der Waals surface area contributed by atoms with Gasteiger partial charge in [0.05, 0.1) is 6.33 Å². The van der Waals surface area contributed by atoms with Crippen LogP contribution in [0.4, 0.5) is 0 Å². The van der Waals surface area contributed by atoms with Gasteiger partial charge in [-0.25, -0.2) is 4.98 Å². The molecule has 0 aromatic carbocycles. The van der Waals surface area contributed by atoms with Crippen LogP contribution in [0.25, 0.3) is 0 Å². The number of nitrogens with zero attached hydrogens (tertiary/aromatic N) is 1. The molecule has 1 saturated carbocycles. The highest BCUT2D eigenvalue weighted by Gasteiger charge is 2.20. The first kappa shape index (κ1) is 13.1. The van der Waals surface area contributed by atoms with E-state index in [-0.39, 0.29) is 0 Å². The lowest BCUT2D eigenvalue weighted by Crippen LogP contribution is -2.41. The van der Waals surface area contributed by atoms with Crippen molar-refractivity contribution in [2.75, 3.05) is 6.54 Å². The maximum absolute atomic E-state index is 11.2. The summed E-state index contributed by atoms with van der Waals surface area (Å²) in [5.74, 6) is -0.150. The van der Waals surface area contributed by atoms with E-state index in [4.69, 9.17) is 0 Å². The van der Waals surface area contributed by atoms with Gasteiger partial charge in [-0.15, -0.1) is 0 Å². The highest BCUT2D eigenvalue weighted by molar-refractivity contribution is 5.73. The Balaban J connectivity index is 1.80. The number of aliphatic carboxylic acids is 1. The molecule has 3 N–H and O–H groups in total. The standard InChI is InChI=1S/C13H21N3O2/c17-13(18)12(6-11-8-14-9-16-11)15-7-10-4-2-1-3-5-10/h8-10,12,15H,1-7H2,(H,14,16)(H,17,18)/t12-/m0/s1. The summed E-state index contributed by atoms with van der Waals surface area (Å²) in [6, 6.07) is -0.521. The van der Waals surface area contributed by atoms with E-state index in [2.05, 4.69) is 15.3 Å². The van der Waals surface area contributed by atoms with Crippen LogP contribution in [0.1, 0.15) is 37.8 Å². The number of hydrogen-bond acceptors (Lipinski definition) is 3. The van der Waals surface area contributed by atoms with Gasteiger partial charge in [-0.3, -0.25) is 4.79 Å². The van der Waals surface area contributed by atoms with E-state index < -0.39 is 12.0 Å². The van der Waals surface area contributed by atoms with E-state index in [9.17, 15) is 9.90 Å². The predicted octanol–water partition coefficient (Wildman–Crippen LogP) is 1.58. The van der Waals surface area contributed by atoms with Crippen molar-refractivity contribution >= 4 is 5.97 Å². The molecule has 5 nitrogen and oxygen atoms in total. The van der Waals surface area contributed by atoms with E-state index >= 15 is 0 Å². The van der Waals surface area contributed by atoms with Crippen LogP contribution in [-0.4, -0.2) is 33.6 Å². The first-order valence-electron chi connectivity index (χ1n) is 6.69. The number of aromatic nitrogens is 2. The Kier molecular flexibility index (Phi) is 4.75. The SMILES string of the molecule is O=C(O)[C@H](Cc1cnc[nH]1)NCC1CCCCC1. The molecular formula is C13H21N3O2. The van der Waals surface area contributed by atoms with Crippen LogP contribution in [0, 0.1) is 5.92 Å². The number of imidazole rings is 1. The quantitative estimate of drug-likeness (QED) is 0.717. The lowest BCUT2D eigenvalue weighted by atomic mass is 9.89. The molecule has 5 heteroatoms. The maximum atomic E-state index is 11.2. The predicted molar refractivity (Wildman–Crippen MR) is 68.3 cm³/mol. The smallest absolute Gasteiger partial charge is 0.321 e. The zero-order chi connectivity index (χ0) is 12.8. The summed E-state index contributed by atoms with van der Waals surface area (Å²) in [6.45, 7) is 0.811. The minimum absolute atomic E-state index is 0.460. The third kappa shape index (κ3) is 3.84. The van der Waals surface area contributed by atoms with E-state index in [1.165, 1.54) is 32.1 Å². The molecule has 0 unspecified atom stereocenters. The molecule has 1 fully saturated rings. The Morgan fingerprint density at radius 2 is 2.28 bits per heavy atom. The zero-order valence-corrected chi connectivity index (χ0v) is 10.6. The fourth-order valence-corrected chi connectivity index (χ4v) is 2.56. The summed E-state index contributed by atoms with van der Waals surface area (Å²) >= 11 is 0. The highest BCUT2D eigenvalue weighted by Crippen LogP contribution is 2.22. The van der Waals surface area contributed by atoms with Gasteiger partial charge in [0.1, 0.15) is 6.04 Å². The molecular weight excluding hydrogens is 230 g/mol. The minimum atomic E-state index is -0.791. The molecule has 0 aliphatic heterocycles. The normalized spacial score (nSPS) is 18.7. The molecule has 1 aliphatic carbocycles. The topological polar surface area (TPSA) is 78.0 Å². The summed E-state index contributed by atoms with van der Waals surface area (Å²) in [7, 11) is 0. The van der Waals surface area contributed by atoms with Gasteiger partial charge in [0.15, 0.2) is 0 Å². The maximum Gasteiger partial charge on any atom is 0.321 e. The van der Waals surface area contributed by atoms with Gasteiger partial charge in [-0.1, -0.05) is 19.3 Å². The third-order valence-corrected chi connectivity index (χ3v) is 3.65. The molecule has 0 saturated heterocycles. The van der Waals surface area contributed by atoms with E-state index in [1.54, 1.807) is 12.5 Å². The van der Waals surface area contributed by atoms with Crippen molar-refractivity contribution in [2.45, 2.75) is 44.6 Å². The van der Waals surface area contributed by atoms with Crippen molar-refractivity contribution in [3.8, 4) is 0 Å². The first-order chi connectivity index (χ1) is 8.75. The number of aromatic amines is 1.